The van der Waals surface area contributed by atoms with Gasteiger partial charge in [0.05, 0.1) is 24.2 Å². The van der Waals surface area contributed by atoms with Gasteiger partial charge in [0, 0.05) is 33.1 Å². The van der Waals surface area contributed by atoms with Crippen molar-refractivity contribution in [1.29, 1.82) is 0 Å². The van der Waals surface area contributed by atoms with E-state index < -0.39 is 28.2 Å². The Morgan fingerprint density at radius 2 is 2.00 bits per heavy atom. The fourth-order valence-corrected chi connectivity index (χ4v) is 4.43. The number of cyclic esters (lactones) is 1. The number of anilines is 2. The Labute approximate surface area is 169 Å². The van der Waals surface area contributed by atoms with Gasteiger partial charge in [-0.2, -0.15) is 0 Å². The van der Waals surface area contributed by atoms with Crippen molar-refractivity contribution in [3.63, 3.8) is 0 Å². The number of carbonyl (C=O) groups excluding carboxylic acids is 2. The first-order chi connectivity index (χ1) is 13.5. The lowest BCUT2D eigenvalue weighted by Crippen LogP contribution is -2.39. The van der Waals surface area contributed by atoms with E-state index in [4.69, 9.17) is 4.74 Å². The van der Waals surface area contributed by atoms with Gasteiger partial charge in [-0.05, 0) is 24.1 Å². The van der Waals surface area contributed by atoms with Gasteiger partial charge in [-0.3, -0.25) is 9.69 Å². The van der Waals surface area contributed by atoms with Gasteiger partial charge in [-0.15, -0.1) is 0 Å². The predicted octanol–water partition coefficient (Wildman–Crippen LogP) is 0.961. The number of rotatable bonds is 5. The van der Waals surface area contributed by atoms with Crippen molar-refractivity contribution >= 4 is 33.4 Å². The van der Waals surface area contributed by atoms with Gasteiger partial charge < -0.3 is 14.5 Å². The molecule has 0 bridgehead atoms. The number of halogens is 1. The number of hydrogen-bond donors (Lipinski definition) is 1. The first kappa shape index (κ1) is 21.3. The molecule has 9 nitrogen and oxygen atoms in total. The van der Waals surface area contributed by atoms with Crippen LogP contribution in [-0.2, 0) is 19.6 Å². The number of likely N-dealkylation sites (N-methyl/N-ethyl adjacent to an activating group) is 1. The van der Waals surface area contributed by atoms with Crippen LogP contribution in [0.15, 0.2) is 18.2 Å². The Hall–Kier alpha value is -2.40. The molecule has 2 aliphatic heterocycles. The maximum atomic E-state index is 14.8. The first-order valence-electron chi connectivity index (χ1n) is 9.19. The molecule has 0 aromatic heterocycles. The van der Waals surface area contributed by atoms with Gasteiger partial charge in [0.1, 0.15) is 5.82 Å². The summed E-state index contributed by atoms with van der Waals surface area (Å²) in [6.45, 7) is 4.23. The third-order valence-corrected chi connectivity index (χ3v) is 6.02. The Bertz CT molecular complexity index is 925. The molecular formula is C18H25FN4O5S. The molecule has 3 atom stereocenters. The molecule has 2 heterocycles. The van der Waals surface area contributed by atoms with Crippen LogP contribution in [-0.4, -0.2) is 70.5 Å². The SMILES string of the molecule is CC(=O)N(C)C1CN(c2ccc(N3C[C@H](C)[C@H](NS(C)(=O)=O)C3)c(F)c2)C(=O)O1. The monoisotopic (exact) mass is 428 g/mol. The van der Waals surface area contributed by atoms with Crippen molar-refractivity contribution in [2.24, 2.45) is 5.92 Å². The molecule has 2 fully saturated rings. The summed E-state index contributed by atoms with van der Waals surface area (Å²) in [4.78, 5) is 28.0. The molecule has 0 saturated carbocycles. The summed E-state index contributed by atoms with van der Waals surface area (Å²) >= 11 is 0. The highest BCUT2D eigenvalue weighted by atomic mass is 32.2. The number of benzene rings is 1. The molecule has 3 rings (SSSR count). The summed E-state index contributed by atoms with van der Waals surface area (Å²) in [5.74, 6) is -0.752. The van der Waals surface area contributed by atoms with Crippen molar-refractivity contribution in [2.45, 2.75) is 26.1 Å². The fourth-order valence-electron chi connectivity index (χ4n) is 3.58. The molecule has 1 N–H and O–H groups in total. The van der Waals surface area contributed by atoms with Crippen LogP contribution >= 0.6 is 0 Å². The Kier molecular flexibility index (Phi) is 5.72. The van der Waals surface area contributed by atoms with Crippen molar-refractivity contribution in [2.75, 3.05) is 42.7 Å². The molecular weight excluding hydrogens is 403 g/mol. The molecule has 1 unspecified atom stereocenters. The average Bonchev–Trinajstić information content (AvgIpc) is 3.15. The van der Waals surface area contributed by atoms with E-state index in [9.17, 15) is 22.4 Å². The van der Waals surface area contributed by atoms with Crippen LogP contribution in [0, 0.1) is 11.7 Å². The molecule has 2 amide bonds. The van der Waals surface area contributed by atoms with Crippen LogP contribution in [0.25, 0.3) is 0 Å². The van der Waals surface area contributed by atoms with Crippen LogP contribution in [0.1, 0.15) is 13.8 Å². The number of amides is 2. The summed E-state index contributed by atoms with van der Waals surface area (Å²) in [5, 5.41) is 0. The van der Waals surface area contributed by atoms with Gasteiger partial charge >= 0.3 is 6.09 Å². The third-order valence-electron chi connectivity index (χ3n) is 5.29. The van der Waals surface area contributed by atoms with Crippen molar-refractivity contribution in [3.05, 3.63) is 24.0 Å². The molecule has 0 aliphatic carbocycles. The fraction of sp³-hybridized carbons (Fsp3) is 0.556. The molecule has 11 heteroatoms. The molecule has 2 saturated heterocycles. The van der Waals surface area contributed by atoms with E-state index >= 15 is 0 Å². The van der Waals surface area contributed by atoms with Crippen LogP contribution in [0.3, 0.4) is 0 Å². The maximum Gasteiger partial charge on any atom is 0.416 e. The number of ether oxygens (including phenoxy) is 1. The molecule has 2 aliphatic rings. The van der Waals surface area contributed by atoms with E-state index in [-0.39, 0.29) is 24.4 Å². The number of sulfonamides is 1. The molecule has 29 heavy (non-hydrogen) atoms. The predicted molar refractivity (Wildman–Crippen MR) is 106 cm³/mol. The van der Waals surface area contributed by atoms with E-state index in [2.05, 4.69) is 4.72 Å². The standard InChI is InChI=1S/C18H25FN4O5S/c1-11-8-22(9-15(11)20-29(4,26)27)16-6-5-13(7-14(16)19)23-10-17(28-18(23)25)21(3)12(2)24/h5-7,11,15,17,20H,8-10H2,1-4H3/t11-,15+,17?/m0/s1. The zero-order valence-electron chi connectivity index (χ0n) is 16.8. The van der Waals surface area contributed by atoms with Gasteiger partial charge in [0.2, 0.25) is 15.9 Å². The Balaban J connectivity index is 1.74. The number of hydrogen-bond acceptors (Lipinski definition) is 6. The third kappa shape index (κ3) is 4.61. The first-order valence-corrected chi connectivity index (χ1v) is 11.1. The van der Waals surface area contributed by atoms with Gasteiger partial charge in [0.15, 0.2) is 6.23 Å². The maximum absolute atomic E-state index is 14.8. The minimum absolute atomic E-state index is 0.0141. The lowest BCUT2D eigenvalue weighted by Gasteiger charge is -2.22. The summed E-state index contributed by atoms with van der Waals surface area (Å²) in [5.41, 5.74) is 0.664. The van der Waals surface area contributed by atoms with Crippen LogP contribution < -0.4 is 14.5 Å². The summed E-state index contributed by atoms with van der Waals surface area (Å²) in [6.07, 6.45) is -0.281. The topological polar surface area (TPSA) is 99.3 Å². The normalized spacial score (nSPS) is 24.7. The summed E-state index contributed by atoms with van der Waals surface area (Å²) in [6, 6.07) is 4.11. The summed E-state index contributed by atoms with van der Waals surface area (Å²) in [7, 11) is -1.82. The summed E-state index contributed by atoms with van der Waals surface area (Å²) < 4.78 is 45.6. The Morgan fingerprint density at radius 1 is 1.31 bits per heavy atom. The van der Waals surface area contributed by atoms with Crippen molar-refractivity contribution in [3.8, 4) is 0 Å². The van der Waals surface area contributed by atoms with E-state index in [1.165, 1.54) is 29.8 Å². The number of nitrogens with one attached hydrogen (secondary N) is 1. The van der Waals surface area contributed by atoms with E-state index in [1.807, 2.05) is 6.92 Å². The lowest BCUT2D eigenvalue weighted by atomic mass is 10.1. The van der Waals surface area contributed by atoms with Crippen LogP contribution in [0.2, 0.25) is 0 Å². The van der Waals surface area contributed by atoms with Gasteiger partial charge in [0.25, 0.3) is 0 Å². The van der Waals surface area contributed by atoms with E-state index in [0.29, 0.717) is 24.5 Å². The zero-order chi connectivity index (χ0) is 21.5. The lowest BCUT2D eigenvalue weighted by molar-refractivity contribution is -0.134. The number of nitrogens with zero attached hydrogens (tertiary/aromatic N) is 3. The minimum atomic E-state index is -3.36. The quantitative estimate of drug-likeness (QED) is 0.750. The highest BCUT2D eigenvalue weighted by Gasteiger charge is 2.37. The van der Waals surface area contributed by atoms with E-state index in [1.54, 1.807) is 17.0 Å². The second-order valence-electron chi connectivity index (χ2n) is 7.59. The highest BCUT2D eigenvalue weighted by Crippen LogP contribution is 2.31. The molecule has 1 aromatic rings. The number of carbonyl (C=O) groups is 2. The van der Waals surface area contributed by atoms with Gasteiger partial charge in [-0.1, -0.05) is 6.92 Å². The van der Waals surface area contributed by atoms with Gasteiger partial charge in [-0.25, -0.2) is 22.3 Å². The molecule has 0 radical (unpaired) electrons. The molecule has 160 valence electrons. The van der Waals surface area contributed by atoms with Crippen molar-refractivity contribution in [1.82, 2.24) is 9.62 Å². The molecule has 0 spiro atoms. The smallest absolute Gasteiger partial charge is 0.416 e. The van der Waals surface area contributed by atoms with E-state index in [0.717, 1.165) is 6.26 Å². The largest absolute Gasteiger partial charge is 0.423 e. The zero-order valence-corrected chi connectivity index (χ0v) is 17.6. The second-order valence-corrected chi connectivity index (χ2v) is 9.37. The minimum Gasteiger partial charge on any atom is -0.423 e. The van der Waals surface area contributed by atoms with Crippen molar-refractivity contribution < 1.29 is 27.1 Å². The average molecular weight is 428 g/mol. The highest BCUT2D eigenvalue weighted by molar-refractivity contribution is 7.88. The Morgan fingerprint density at radius 3 is 2.59 bits per heavy atom. The molecule has 1 aromatic carbocycles. The second kappa shape index (κ2) is 7.79. The van der Waals surface area contributed by atoms with Crippen LogP contribution in [0.4, 0.5) is 20.6 Å². The van der Waals surface area contributed by atoms with Crippen LogP contribution in [0.5, 0.6) is 0 Å².